The van der Waals surface area contributed by atoms with Gasteiger partial charge in [-0.25, -0.2) is 9.13 Å². The summed E-state index contributed by atoms with van der Waals surface area (Å²) in [6.07, 6.45) is 9.99. The van der Waals surface area contributed by atoms with E-state index in [4.69, 9.17) is 24.3 Å². The predicted molar refractivity (Wildman–Crippen MR) is 108 cm³/mol. The van der Waals surface area contributed by atoms with Crippen LogP contribution < -0.4 is 0 Å². The lowest BCUT2D eigenvalue weighted by molar-refractivity contribution is 0.116. The lowest BCUT2D eigenvalue weighted by Crippen LogP contribution is -1.95. The van der Waals surface area contributed by atoms with Crippen molar-refractivity contribution in [1.29, 1.82) is 0 Å². The molecule has 1 rings (SSSR count). The number of ether oxygens (including phenoxy) is 1. The van der Waals surface area contributed by atoms with E-state index in [9.17, 15) is 9.13 Å². The molecule has 0 radical (unpaired) electrons. The minimum Gasteiger partial charge on any atom is -0.377 e. The molecule has 0 bridgehead atoms. The fourth-order valence-electron chi connectivity index (χ4n) is 2.19. The second-order valence-corrected chi connectivity index (χ2v) is 8.87. The van der Waals surface area contributed by atoms with Crippen molar-refractivity contribution >= 4 is 15.6 Å². The van der Waals surface area contributed by atoms with Crippen LogP contribution in [-0.2, 0) is 24.8 Å². The molecule has 8 nitrogen and oxygen atoms in total. The van der Waals surface area contributed by atoms with Crippen LogP contribution in [0.3, 0.4) is 0 Å². The first-order valence-electron chi connectivity index (χ1n) is 9.09. The van der Waals surface area contributed by atoms with Gasteiger partial charge in [-0.15, -0.1) is 0 Å². The highest BCUT2D eigenvalue weighted by Gasteiger charge is 2.27. The maximum Gasteiger partial charge on any atom is 0.478 e. The van der Waals surface area contributed by atoms with E-state index in [1.165, 1.54) is 49.7 Å². The van der Waals surface area contributed by atoms with Gasteiger partial charge in [0.15, 0.2) is 0 Å². The van der Waals surface area contributed by atoms with Gasteiger partial charge in [0.2, 0.25) is 0 Å². The van der Waals surface area contributed by atoms with Crippen LogP contribution in [0.1, 0.15) is 57.9 Å². The highest BCUT2D eigenvalue weighted by atomic mass is 31.3. The Hall–Kier alpha value is -0.820. The molecule has 0 fully saturated rings. The third-order valence-corrected chi connectivity index (χ3v) is 5.38. The number of hydrogen-bond acceptors (Lipinski definition) is 4. The lowest BCUT2D eigenvalue weighted by Gasteiger charge is -2.05. The highest BCUT2D eigenvalue weighted by molar-refractivity contribution is 7.60. The van der Waals surface area contributed by atoms with E-state index in [0.29, 0.717) is 0 Å². The molecule has 0 heterocycles. The second-order valence-electron chi connectivity index (χ2n) is 6.25. The van der Waals surface area contributed by atoms with E-state index in [-0.39, 0.29) is 0 Å². The van der Waals surface area contributed by atoms with Gasteiger partial charge in [0.25, 0.3) is 0 Å². The van der Waals surface area contributed by atoms with Gasteiger partial charge in [0, 0.05) is 6.61 Å². The van der Waals surface area contributed by atoms with Crippen molar-refractivity contribution < 1.29 is 37.8 Å². The van der Waals surface area contributed by atoms with E-state index in [0.717, 1.165) is 13.2 Å². The summed E-state index contributed by atoms with van der Waals surface area (Å²) < 4.78 is 27.9. The molecule has 1 aromatic carbocycles. The molecule has 162 valence electrons. The molecule has 0 aromatic heterocycles. The van der Waals surface area contributed by atoms with Crippen molar-refractivity contribution in [3.8, 4) is 0 Å². The summed E-state index contributed by atoms with van der Waals surface area (Å²) in [7, 11) is -10.1. The van der Waals surface area contributed by atoms with Crippen LogP contribution in [0.2, 0.25) is 0 Å². The van der Waals surface area contributed by atoms with E-state index < -0.39 is 15.6 Å². The van der Waals surface area contributed by atoms with E-state index in [1.807, 2.05) is 6.07 Å². The summed E-state index contributed by atoms with van der Waals surface area (Å²) in [5.74, 6) is 0. The molecule has 4 N–H and O–H groups in total. The van der Waals surface area contributed by atoms with Gasteiger partial charge >= 0.3 is 15.6 Å². The zero-order valence-electron chi connectivity index (χ0n) is 16.4. The number of unbranched alkanes of at least 4 members (excludes halogenated alkanes) is 4. The molecule has 0 amide bonds. The standard InChI is InChI=1S/C18H28O.H4O7P2/c1-3-17(2)12-8-5-4-6-11-15-19-16-18-13-9-7-10-14-18;1-8(2,3)7-9(4,5)6/h3,7,9-10,13-14H,4-6,8,11-12,15-16H2,1-2H3;(H2,1,2,3)(H2,4,5,6). The molecule has 0 saturated carbocycles. The fourth-order valence-corrected chi connectivity index (χ4v) is 3.29. The first-order chi connectivity index (χ1) is 13.0. The van der Waals surface area contributed by atoms with Crippen LogP contribution in [0.15, 0.2) is 42.0 Å². The topological polar surface area (TPSA) is 134 Å². The summed E-state index contributed by atoms with van der Waals surface area (Å²) in [5, 5.41) is 0. The summed E-state index contributed by atoms with van der Waals surface area (Å²) in [5.41, 5.74) is 2.79. The number of phosphoric acid groups is 2. The van der Waals surface area contributed by atoms with Crippen LogP contribution in [0.25, 0.3) is 0 Å². The number of allylic oxidation sites excluding steroid dienone is 2. The Kier molecular flexibility index (Phi) is 14.6. The molecular weight excluding hydrogens is 406 g/mol. The molecule has 28 heavy (non-hydrogen) atoms. The Morgan fingerprint density at radius 1 is 0.929 bits per heavy atom. The van der Waals surface area contributed by atoms with Gasteiger partial charge in [0.05, 0.1) is 6.61 Å². The van der Waals surface area contributed by atoms with Crippen molar-refractivity contribution in [3.63, 3.8) is 0 Å². The first kappa shape index (κ1) is 27.2. The van der Waals surface area contributed by atoms with Crippen LogP contribution in [0.4, 0.5) is 0 Å². The van der Waals surface area contributed by atoms with Crippen LogP contribution in [0.5, 0.6) is 0 Å². The molecule has 0 unspecified atom stereocenters. The molecule has 0 saturated heterocycles. The second kappa shape index (κ2) is 15.1. The van der Waals surface area contributed by atoms with Crippen LogP contribution >= 0.6 is 15.6 Å². The minimum absolute atomic E-state index is 0.751. The zero-order chi connectivity index (χ0) is 21.5. The minimum atomic E-state index is -5.05. The smallest absolute Gasteiger partial charge is 0.377 e. The third-order valence-electron chi connectivity index (χ3n) is 3.68. The Morgan fingerprint density at radius 2 is 1.46 bits per heavy atom. The Morgan fingerprint density at radius 3 is 1.96 bits per heavy atom. The largest absolute Gasteiger partial charge is 0.478 e. The SMILES string of the molecule is CC=C(C)CCCCCCCOCc1ccccc1.O=P(O)(O)OP(=O)(O)O. The number of benzene rings is 1. The summed E-state index contributed by atoms with van der Waals surface area (Å²) in [4.78, 5) is 31.0. The Bertz CT molecular complexity index is 616. The summed E-state index contributed by atoms with van der Waals surface area (Å²) in [6, 6.07) is 10.4. The molecule has 0 aliphatic rings. The lowest BCUT2D eigenvalue weighted by atomic mass is 10.1. The van der Waals surface area contributed by atoms with Gasteiger partial charge < -0.3 is 24.3 Å². The number of hydrogen-bond donors (Lipinski definition) is 4. The average Bonchev–Trinajstić information content (AvgIpc) is 2.58. The molecule has 0 aliphatic carbocycles. The monoisotopic (exact) mass is 438 g/mol. The highest BCUT2D eigenvalue weighted by Crippen LogP contribution is 2.53. The molecule has 1 aromatic rings. The van der Waals surface area contributed by atoms with Gasteiger partial charge in [-0.2, -0.15) is 4.31 Å². The number of rotatable bonds is 12. The van der Waals surface area contributed by atoms with Crippen LogP contribution in [0, 0.1) is 0 Å². The zero-order valence-corrected chi connectivity index (χ0v) is 18.2. The van der Waals surface area contributed by atoms with Crippen LogP contribution in [-0.4, -0.2) is 26.2 Å². The van der Waals surface area contributed by atoms with Crippen molar-refractivity contribution in [3.05, 3.63) is 47.5 Å². The average molecular weight is 438 g/mol. The molecule has 0 spiro atoms. The molecular formula is C18H32O8P2. The normalized spacial score (nSPS) is 12.4. The molecule has 10 heteroatoms. The summed E-state index contributed by atoms with van der Waals surface area (Å²) >= 11 is 0. The van der Waals surface area contributed by atoms with Crippen molar-refractivity contribution in [2.24, 2.45) is 0 Å². The van der Waals surface area contributed by atoms with Gasteiger partial charge in [-0.3, -0.25) is 0 Å². The van der Waals surface area contributed by atoms with Crippen molar-refractivity contribution in [2.75, 3.05) is 6.61 Å². The van der Waals surface area contributed by atoms with Gasteiger partial charge in [-0.05, 0) is 38.7 Å². The Labute approximate surface area is 167 Å². The summed E-state index contributed by atoms with van der Waals surface area (Å²) in [6.45, 7) is 5.99. The van der Waals surface area contributed by atoms with Crippen molar-refractivity contribution in [1.82, 2.24) is 0 Å². The van der Waals surface area contributed by atoms with E-state index in [2.05, 4.69) is 48.5 Å². The van der Waals surface area contributed by atoms with E-state index >= 15 is 0 Å². The maximum absolute atomic E-state index is 9.63. The van der Waals surface area contributed by atoms with Gasteiger partial charge in [-0.1, -0.05) is 61.2 Å². The Balaban J connectivity index is 0.000000684. The molecule has 0 atom stereocenters. The predicted octanol–water partition coefficient (Wildman–Crippen LogP) is 4.70. The van der Waals surface area contributed by atoms with Gasteiger partial charge in [0.1, 0.15) is 0 Å². The fraction of sp³-hybridized carbons (Fsp3) is 0.556. The van der Waals surface area contributed by atoms with E-state index in [1.54, 1.807) is 0 Å². The quantitative estimate of drug-likeness (QED) is 0.210. The third kappa shape index (κ3) is 19.9. The van der Waals surface area contributed by atoms with Crippen molar-refractivity contribution in [2.45, 2.75) is 59.0 Å². The molecule has 0 aliphatic heterocycles. The maximum atomic E-state index is 9.63. The first-order valence-corrected chi connectivity index (χ1v) is 12.2.